The van der Waals surface area contributed by atoms with Gasteiger partial charge < -0.3 is 5.32 Å². The number of piperidine rings is 1. The van der Waals surface area contributed by atoms with E-state index >= 15 is 0 Å². The summed E-state index contributed by atoms with van der Waals surface area (Å²) in [6, 6.07) is 11.2. The Labute approximate surface area is 121 Å². The third-order valence-electron chi connectivity index (χ3n) is 4.64. The van der Waals surface area contributed by atoms with E-state index in [1.54, 1.807) is 0 Å². The number of nitrogens with one attached hydrogen (secondary N) is 1. The van der Waals surface area contributed by atoms with Gasteiger partial charge in [0.1, 0.15) is 5.78 Å². The number of carbonyl (C=O) groups excluding carboxylic acids is 1. The van der Waals surface area contributed by atoms with Crippen LogP contribution >= 0.6 is 0 Å². The first-order chi connectivity index (χ1) is 9.83. The molecule has 1 aromatic carbocycles. The van der Waals surface area contributed by atoms with E-state index in [4.69, 9.17) is 0 Å². The van der Waals surface area contributed by atoms with Crippen LogP contribution in [0.2, 0.25) is 0 Å². The van der Waals surface area contributed by atoms with Crippen LogP contribution in [0.5, 0.6) is 0 Å². The standard InChI is InChI=1S/C17H24N2O/c20-17-9-5-4-8-16(17)19-12-10-15(11-13-19)18-14-6-2-1-3-7-14/h1-3,6-7,15-16,18H,4-5,8-13H2/t16-/m0/s1. The highest BCUT2D eigenvalue weighted by molar-refractivity contribution is 5.84. The molecule has 1 N–H and O–H groups in total. The summed E-state index contributed by atoms with van der Waals surface area (Å²) in [5.74, 6) is 0.478. The van der Waals surface area contributed by atoms with Gasteiger partial charge in [0.25, 0.3) is 0 Å². The van der Waals surface area contributed by atoms with Crippen molar-refractivity contribution >= 4 is 11.5 Å². The van der Waals surface area contributed by atoms with Crippen LogP contribution in [-0.2, 0) is 4.79 Å². The number of likely N-dealkylation sites (tertiary alicyclic amines) is 1. The molecule has 2 aliphatic rings. The molecule has 1 saturated heterocycles. The number of hydrogen-bond acceptors (Lipinski definition) is 3. The van der Waals surface area contributed by atoms with Gasteiger partial charge in [0.15, 0.2) is 0 Å². The molecule has 2 fully saturated rings. The molecule has 1 aromatic rings. The molecule has 0 unspecified atom stereocenters. The van der Waals surface area contributed by atoms with Gasteiger partial charge >= 0.3 is 0 Å². The number of ketones is 1. The van der Waals surface area contributed by atoms with Crippen molar-refractivity contribution in [1.29, 1.82) is 0 Å². The third-order valence-corrected chi connectivity index (χ3v) is 4.64. The van der Waals surface area contributed by atoms with Crippen molar-refractivity contribution in [2.75, 3.05) is 18.4 Å². The van der Waals surface area contributed by atoms with E-state index in [1.165, 1.54) is 12.1 Å². The molecule has 1 heterocycles. The summed E-state index contributed by atoms with van der Waals surface area (Å²) in [4.78, 5) is 14.4. The minimum atomic E-state index is 0.224. The van der Waals surface area contributed by atoms with Crippen molar-refractivity contribution in [1.82, 2.24) is 4.90 Å². The number of anilines is 1. The maximum Gasteiger partial charge on any atom is 0.149 e. The molecular weight excluding hydrogens is 248 g/mol. The Morgan fingerprint density at radius 1 is 1.00 bits per heavy atom. The van der Waals surface area contributed by atoms with E-state index in [1.807, 2.05) is 6.07 Å². The Bertz CT molecular complexity index is 438. The molecule has 3 heteroatoms. The minimum absolute atomic E-state index is 0.224. The molecule has 108 valence electrons. The van der Waals surface area contributed by atoms with Gasteiger partial charge in [0.05, 0.1) is 6.04 Å². The number of hydrogen-bond donors (Lipinski definition) is 1. The summed E-state index contributed by atoms with van der Waals surface area (Å²) in [5.41, 5.74) is 1.21. The van der Waals surface area contributed by atoms with Crippen LogP contribution in [0, 0.1) is 0 Å². The average molecular weight is 272 g/mol. The van der Waals surface area contributed by atoms with Crippen molar-refractivity contribution in [2.24, 2.45) is 0 Å². The Morgan fingerprint density at radius 2 is 1.75 bits per heavy atom. The second kappa shape index (κ2) is 6.40. The van der Waals surface area contributed by atoms with Gasteiger partial charge in [-0.15, -0.1) is 0 Å². The zero-order valence-electron chi connectivity index (χ0n) is 12.1. The number of Topliss-reactive ketones (excluding diaryl/α,β-unsaturated/α-hetero) is 1. The first-order valence-electron chi connectivity index (χ1n) is 7.91. The number of para-hydroxylation sites is 1. The molecule has 1 aliphatic carbocycles. The van der Waals surface area contributed by atoms with Gasteiger partial charge in [0.2, 0.25) is 0 Å². The molecule has 1 aliphatic heterocycles. The highest BCUT2D eigenvalue weighted by atomic mass is 16.1. The predicted molar refractivity (Wildman–Crippen MR) is 81.9 cm³/mol. The first kappa shape index (κ1) is 13.6. The van der Waals surface area contributed by atoms with Crippen LogP contribution in [-0.4, -0.2) is 35.9 Å². The lowest BCUT2D eigenvalue weighted by atomic mass is 9.91. The van der Waals surface area contributed by atoms with Crippen LogP contribution in [0.3, 0.4) is 0 Å². The quantitative estimate of drug-likeness (QED) is 0.918. The smallest absolute Gasteiger partial charge is 0.149 e. The molecular formula is C17H24N2O. The van der Waals surface area contributed by atoms with Crippen molar-refractivity contribution < 1.29 is 4.79 Å². The fourth-order valence-corrected chi connectivity index (χ4v) is 3.48. The van der Waals surface area contributed by atoms with E-state index < -0.39 is 0 Å². The SMILES string of the molecule is O=C1CCCC[C@@H]1N1CCC(Nc2ccccc2)CC1. The van der Waals surface area contributed by atoms with Gasteiger partial charge in [-0.3, -0.25) is 9.69 Å². The summed E-state index contributed by atoms with van der Waals surface area (Å²) in [6.45, 7) is 2.11. The maximum absolute atomic E-state index is 12.0. The number of carbonyl (C=O) groups is 1. The lowest BCUT2D eigenvalue weighted by Gasteiger charge is -2.38. The molecule has 0 bridgehead atoms. The lowest BCUT2D eigenvalue weighted by Crippen LogP contribution is -2.48. The van der Waals surface area contributed by atoms with Crippen molar-refractivity contribution in [3.63, 3.8) is 0 Å². The molecule has 1 atom stereocenters. The molecule has 0 amide bonds. The monoisotopic (exact) mass is 272 g/mol. The molecule has 0 aromatic heterocycles. The molecule has 0 spiro atoms. The normalized spacial score (nSPS) is 25.6. The highest BCUT2D eigenvalue weighted by Gasteiger charge is 2.30. The average Bonchev–Trinajstić information content (AvgIpc) is 2.50. The van der Waals surface area contributed by atoms with Crippen LogP contribution in [0.4, 0.5) is 5.69 Å². The highest BCUT2D eigenvalue weighted by Crippen LogP contribution is 2.24. The first-order valence-corrected chi connectivity index (χ1v) is 7.91. The van der Waals surface area contributed by atoms with E-state index in [2.05, 4.69) is 34.5 Å². The second-order valence-electron chi connectivity index (χ2n) is 6.05. The summed E-state index contributed by atoms with van der Waals surface area (Å²) in [6.07, 6.45) is 6.47. The van der Waals surface area contributed by atoms with E-state index in [0.29, 0.717) is 11.8 Å². The van der Waals surface area contributed by atoms with Crippen LogP contribution in [0.25, 0.3) is 0 Å². The zero-order chi connectivity index (χ0) is 13.8. The van der Waals surface area contributed by atoms with Gasteiger partial charge in [-0.05, 0) is 37.8 Å². The minimum Gasteiger partial charge on any atom is -0.382 e. The predicted octanol–water partition coefficient (Wildman–Crippen LogP) is 3.07. The van der Waals surface area contributed by atoms with Crippen LogP contribution in [0.15, 0.2) is 30.3 Å². The molecule has 1 saturated carbocycles. The molecule has 20 heavy (non-hydrogen) atoms. The van der Waals surface area contributed by atoms with Crippen molar-refractivity contribution in [2.45, 2.75) is 50.6 Å². The third kappa shape index (κ3) is 3.21. The summed E-state index contributed by atoms with van der Waals surface area (Å²) in [7, 11) is 0. The van der Waals surface area contributed by atoms with Crippen molar-refractivity contribution in [3.8, 4) is 0 Å². The Morgan fingerprint density at radius 3 is 2.45 bits per heavy atom. The second-order valence-corrected chi connectivity index (χ2v) is 6.05. The van der Waals surface area contributed by atoms with E-state index in [-0.39, 0.29) is 6.04 Å². The Hall–Kier alpha value is -1.35. The summed E-state index contributed by atoms with van der Waals surface area (Å²) < 4.78 is 0. The van der Waals surface area contributed by atoms with E-state index in [9.17, 15) is 4.79 Å². The number of rotatable bonds is 3. The lowest BCUT2D eigenvalue weighted by molar-refractivity contribution is -0.126. The zero-order valence-corrected chi connectivity index (χ0v) is 12.1. The summed E-state index contributed by atoms with van der Waals surface area (Å²) >= 11 is 0. The van der Waals surface area contributed by atoms with Gasteiger partial charge in [-0.25, -0.2) is 0 Å². The van der Waals surface area contributed by atoms with Crippen LogP contribution < -0.4 is 5.32 Å². The van der Waals surface area contributed by atoms with E-state index in [0.717, 1.165) is 45.2 Å². The fraction of sp³-hybridized carbons (Fsp3) is 0.588. The number of benzene rings is 1. The Kier molecular flexibility index (Phi) is 4.36. The Balaban J connectivity index is 1.50. The maximum atomic E-state index is 12.0. The van der Waals surface area contributed by atoms with Gasteiger partial charge in [0, 0.05) is 31.2 Å². The summed E-state index contributed by atoms with van der Waals surface area (Å²) in [5, 5.41) is 3.60. The number of nitrogens with zero attached hydrogens (tertiary/aromatic N) is 1. The largest absolute Gasteiger partial charge is 0.382 e. The van der Waals surface area contributed by atoms with Gasteiger partial charge in [-0.1, -0.05) is 24.6 Å². The van der Waals surface area contributed by atoms with Crippen LogP contribution in [0.1, 0.15) is 38.5 Å². The molecule has 0 radical (unpaired) electrons. The van der Waals surface area contributed by atoms with Gasteiger partial charge in [-0.2, -0.15) is 0 Å². The molecule has 3 nitrogen and oxygen atoms in total. The molecule has 3 rings (SSSR count). The topological polar surface area (TPSA) is 32.3 Å². The fourth-order valence-electron chi connectivity index (χ4n) is 3.48. The van der Waals surface area contributed by atoms with Crippen molar-refractivity contribution in [3.05, 3.63) is 30.3 Å².